The molecule has 0 bridgehead atoms. The summed E-state index contributed by atoms with van der Waals surface area (Å²) in [5, 5.41) is 0. The molecule has 0 amide bonds. The standard InChI is InChI=1S/C15H13BrF2O/c1-9-3-4-10(17)7-12(9)15(16)13-8-11(18)5-6-14(13)19-2/h3-8,15H,1-2H3. The zero-order chi connectivity index (χ0) is 14.0. The van der Waals surface area contributed by atoms with E-state index in [1.165, 1.54) is 31.4 Å². The molecule has 0 heterocycles. The van der Waals surface area contributed by atoms with Crippen molar-refractivity contribution < 1.29 is 13.5 Å². The van der Waals surface area contributed by atoms with Crippen LogP contribution in [0.5, 0.6) is 5.75 Å². The highest BCUT2D eigenvalue weighted by Gasteiger charge is 2.18. The lowest BCUT2D eigenvalue weighted by Gasteiger charge is -2.17. The van der Waals surface area contributed by atoms with E-state index in [4.69, 9.17) is 4.74 Å². The Labute approximate surface area is 119 Å². The number of halogens is 3. The topological polar surface area (TPSA) is 9.23 Å². The molecule has 0 fully saturated rings. The van der Waals surface area contributed by atoms with Gasteiger partial charge in [0, 0.05) is 5.56 Å². The first-order valence-electron chi connectivity index (χ1n) is 5.76. The number of alkyl halides is 1. The summed E-state index contributed by atoms with van der Waals surface area (Å²) in [6, 6.07) is 8.84. The molecule has 1 atom stereocenters. The van der Waals surface area contributed by atoms with Crippen molar-refractivity contribution in [3.05, 3.63) is 64.7 Å². The lowest BCUT2D eigenvalue weighted by Crippen LogP contribution is -2.00. The molecule has 0 aromatic heterocycles. The van der Waals surface area contributed by atoms with Gasteiger partial charge in [-0.2, -0.15) is 0 Å². The van der Waals surface area contributed by atoms with Crippen molar-refractivity contribution in [1.29, 1.82) is 0 Å². The van der Waals surface area contributed by atoms with Gasteiger partial charge >= 0.3 is 0 Å². The minimum absolute atomic E-state index is 0.319. The Hall–Kier alpha value is -1.42. The highest BCUT2D eigenvalue weighted by atomic mass is 79.9. The normalized spacial score (nSPS) is 12.3. The van der Waals surface area contributed by atoms with E-state index in [1.54, 1.807) is 12.1 Å². The lowest BCUT2D eigenvalue weighted by molar-refractivity contribution is 0.409. The molecule has 2 aromatic rings. The fourth-order valence-electron chi connectivity index (χ4n) is 1.96. The number of rotatable bonds is 3. The van der Waals surface area contributed by atoms with Crippen molar-refractivity contribution in [2.75, 3.05) is 7.11 Å². The average molecular weight is 327 g/mol. The first-order valence-corrected chi connectivity index (χ1v) is 6.68. The van der Waals surface area contributed by atoms with Crippen LogP contribution in [-0.4, -0.2) is 7.11 Å². The van der Waals surface area contributed by atoms with Crippen LogP contribution in [0.1, 0.15) is 21.5 Å². The van der Waals surface area contributed by atoms with Gasteiger partial charge in [-0.15, -0.1) is 0 Å². The highest BCUT2D eigenvalue weighted by molar-refractivity contribution is 9.09. The first-order chi connectivity index (χ1) is 9.02. The van der Waals surface area contributed by atoms with Crippen LogP contribution in [0.25, 0.3) is 0 Å². The lowest BCUT2D eigenvalue weighted by atomic mass is 9.99. The molecule has 4 heteroatoms. The van der Waals surface area contributed by atoms with Crippen molar-refractivity contribution in [2.24, 2.45) is 0 Å². The maximum absolute atomic E-state index is 13.4. The smallest absolute Gasteiger partial charge is 0.123 e. The maximum atomic E-state index is 13.4. The summed E-state index contributed by atoms with van der Waals surface area (Å²) in [6.45, 7) is 1.88. The van der Waals surface area contributed by atoms with Crippen molar-refractivity contribution in [2.45, 2.75) is 11.8 Å². The third-order valence-corrected chi connectivity index (χ3v) is 3.97. The van der Waals surface area contributed by atoms with E-state index in [-0.39, 0.29) is 16.5 Å². The van der Waals surface area contributed by atoms with E-state index in [0.29, 0.717) is 11.3 Å². The third kappa shape index (κ3) is 2.95. The molecule has 2 aromatic carbocycles. The van der Waals surface area contributed by atoms with Crippen LogP contribution in [0.3, 0.4) is 0 Å². The third-order valence-electron chi connectivity index (χ3n) is 2.98. The molecule has 0 N–H and O–H groups in total. The van der Waals surface area contributed by atoms with Crippen molar-refractivity contribution in [3.8, 4) is 5.75 Å². The molecule has 0 spiro atoms. The number of aryl methyl sites for hydroxylation is 1. The Kier molecular flexibility index (Phi) is 4.20. The second-order valence-corrected chi connectivity index (χ2v) is 5.17. The Morgan fingerprint density at radius 1 is 1.00 bits per heavy atom. The van der Waals surface area contributed by atoms with Crippen LogP contribution in [-0.2, 0) is 0 Å². The quantitative estimate of drug-likeness (QED) is 0.738. The summed E-state index contributed by atoms with van der Waals surface area (Å²) in [5.41, 5.74) is 2.31. The van der Waals surface area contributed by atoms with Gasteiger partial charge in [0.2, 0.25) is 0 Å². The van der Waals surface area contributed by atoms with Gasteiger partial charge in [-0.05, 0) is 48.4 Å². The second kappa shape index (κ2) is 5.70. The molecule has 1 nitrogen and oxygen atoms in total. The highest BCUT2D eigenvalue weighted by Crippen LogP contribution is 2.38. The molecular formula is C15H13BrF2O. The Balaban J connectivity index is 2.51. The molecule has 0 radical (unpaired) electrons. The number of hydrogen-bond acceptors (Lipinski definition) is 1. The first kappa shape index (κ1) is 14.0. The van der Waals surface area contributed by atoms with E-state index in [9.17, 15) is 8.78 Å². The molecule has 0 aliphatic heterocycles. The summed E-state index contributed by atoms with van der Waals surface area (Å²) in [6.07, 6.45) is 0. The molecule has 2 rings (SSSR count). The zero-order valence-corrected chi connectivity index (χ0v) is 12.2. The molecule has 1 unspecified atom stereocenters. The van der Waals surface area contributed by atoms with E-state index in [0.717, 1.165) is 11.1 Å². The van der Waals surface area contributed by atoms with Crippen LogP contribution < -0.4 is 4.74 Å². The molecular weight excluding hydrogens is 314 g/mol. The molecule has 19 heavy (non-hydrogen) atoms. The van der Waals surface area contributed by atoms with Crippen LogP contribution in [0.15, 0.2) is 36.4 Å². The number of methoxy groups -OCH3 is 1. The molecule has 0 saturated heterocycles. The van der Waals surface area contributed by atoms with Crippen LogP contribution in [0, 0.1) is 18.6 Å². The summed E-state index contributed by atoms with van der Waals surface area (Å²) in [5.74, 6) is -0.110. The Bertz CT molecular complexity index is 599. The van der Waals surface area contributed by atoms with Gasteiger partial charge in [-0.25, -0.2) is 8.78 Å². The van der Waals surface area contributed by atoms with Gasteiger partial charge in [0.25, 0.3) is 0 Å². The van der Waals surface area contributed by atoms with Gasteiger partial charge < -0.3 is 4.74 Å². The molecule has 0 aliphatic carbocycles. The zero-order valence-electron chi connectivity index (χ0n) is 10.6. The van der Waals surface area contributed by atoms with Crippen molar-refractivity contribution >= 4 is 15.9 Å². The minimum Gasteiger partial charge on any atom is -0.496 e. The van der Waals surface area contributed by atoms with E-state index < -0.39 is 0 Å². The Morgan fingerprint density at radius 3 is 2.21 bits per heavy atom. The number of ether oxygens (including phenoxy) is 1. The second-order valence-electron chi connectivity index (χ2n) is 4.25. The van der Waals surface area contributed by atoms with Crippen LogP contribution in [0.4, 0.5) is 8.78 Å². The summed E-state index contributed by atoms with van der Waals surface area (Å²) < 4.78 is 32.0. The van der Waals surface area contributed by atoms with E-state index in [2.05, 4.69) is 15.9 Å². The Morgan fingerprint density at radius 2 is 1.58 bits per heavy atom. The van der Waals surface area contributed by atoms with Crippen molar-refractivity contribution in [1.82, 2.24) is 0 Å². The average Bonchev–Trinajstić information content (AvgIpc) is 2.40. The summed E-state index contributed by atoms with van der Waals surface area (Å²) in [7, 11) is 1.52. The number of benzene rings is 2. The monoisotopic (exact) mass is 326 g/mol. The summed E-state index contributed by atoms with van der Waals surface area (Å²) >= 11 is 3.49. The summed E-state index contributed by atoms with van der Waals surface area (Å²) in [4.78, 5) is -0.325. The molecule has 100 valence electrons. The van der Waals surface area contributed by atoms with Gasteiger partial charge in [0.05, 0.1) is 11.9 Å². The fraction of sp³-hybridized carbons (Fsp3) is 0.200. The van der Waals surface area contributed by atoms with Crippen LogP contribution in [0.2, 0.25) is 0 Å². The van der Waals surface area contributed by atoms with E-state index in [1.807, 2.05) is 6.92 Å². The number of hydrogen-bond donors (Lipinski definition) is 0. The predicted molar refractivity (Wildman–Crippen MR) is 74.9 cm³/mol. The SMILES string of the molecule is COc1ccc(F)cc1C(Br)c1cc(F)ccc1C. The van der Waals surface area contributed by atoms with Gasteiger partial charge in [-0.1, -0.05) is 22.0 Å². The molecule has 0 saturated carbocycles. The minimum atomic E-state index is -0.352. The maximum Gasteiger partial charge on any atom is 0.123 e. The van der Waals surface area contributed by atoms with Gasteiger partial charge in [0.15, 0.2) is 0 Å². The molecule has 0 aliphatic rings. The van der Waals surface area contributed by atoms with Gasteiger partial charge in [-0.3, -0.25) is 0 Å². The largest absolute Gasteiger partial charge is 0.496 e. The predicted octanol–water partition coefficient (Wildman–Crippen LogP) is 4.77. The fourth-order valence-corrected chi connectivity index (χ4v) is 2.81. The van der Waals surface area contributed by atoms with Crippen molar-refractivity contribution in [3.63, 3.8) is 0 Å². The van der Waals surface area contributed by atoms with Gasteiger partial charge in [0.1, 0.15) is 17.4 Å². The van der Waals surface area contributed by atoms with E-state index >= 15 is 0 Å². The van der Waals surface area contributed by atoms with Crippen LogP contribution >= 0.6 is 15.9 Å².